The summed E-state index contributed by atoms with van der Waals surface area (Å²) in [5.74, 6) is 0.698. The zero-order chi connectivity index (χ0) is 28.9. The van der Waals surface area contributed by atoms with Crippen molar-refractivity contribution in [1.82, 2.24) is 29.9 Å². The number of amides is 3. The number of hydrogen-bond donors (Lipinski definition) is 1. The summed E-state index contributed by atoms with van der Waals surface area (Å²) >= 11 is 1.26. The predicted molar refractivity (Wildman–Crippen MR) is 155 cm³/mol. The Morgan fingerprint density at radius 2 is 1.85 bits per heavy atom. The SMILES string of the molecule is CC(=O)c1cc(C(=O)N2CCCC(=O)N3CCCC[C@H]3C(=O)N[C@H](Cc3ccccc3)c3nc(C)nn3CC2)cs1. The van der Waals surface area contributed by atoms with Gasteiger partial charge in [0.05, 0.1) is 23.0 Å². The van der Waals surface area contributed by atoms with E-state index in [9.17, 15) is 19.2 Å². The molecular formula is C30H36N6O4S. The topological polar surface area (TPSA) is 118 Å². The van der Waals surface area contributed by atoms with Gasteiger partial charge in [0.1, 0.15) is 17.7 Å². The van der Waals surface area contributed by atoms with Gasteiger partial charge in [-0.3, -0.25) is 19.2 Å². The first kappa shape index (κ1) is 28.7. The van der Waals surface area contributed by atoms with Gasteiger partial charge in [0, 0.05) is 31.4 Å². The third-order valence-electron chi connectivity index (χ3n) is 7.72. The van der Waals surface area contributed by atoms with Crippen molar-refractivity contribution in [2.75, 3.05) is 19.6 Å². The van der Waals surface area contributed by atoms with Gasteiger partial charge < -0.3 is 15.1 Å². The van der Waals surface area contributed by atoms with E-state index in [-0.39, 0.29) is 29.9 Å². The van der Waals surface area contributed by atoms with Gasteiger partial charge in [0.2, 0.25) is 11.8 Å². The van der Waals surface area contributed by atoms with Gasteiger partial charge in [-0.1, -0.05) is 30.3 Å². The number of carbonyl (C=O) groups excluding carboxylic acids is 4. The third kappa shape index (κ3) is 6.73. The third-order valence-corrected chi connectivity index (χ3v) is 8.75. The van der Waals surface area contributed by atoms with Crippen molar-refractivity contribution in [3.05, 3.63) is 69.4 Å². The second-order valence-corrected chi connectivity index (χ2v) is 11.7. The average molecular weight is 577 g/mol. The Bertz CT molecular complexity index is 1420. The standard InChI is InChI=1S/C30H36N6O4S/c1-20(37)26-18-23(19-41-26)30(40)34-13-8-12-27(38)35-14-7-6-11-25(35)29(39)32-24(17-22-9-4-3-5-10-22)28-31-21(2)33-36(28)16-15-34/h3-5,9-10,18-19,24-25H,6-8,11-17H2,1-2H3,(H,32,39)/t24-,25+/m1/s1. The van der Waals surface area contributed by atoms with Crippen LogP contribution in [-0.4, -0.2) is 73.7 Å². The van der Waals surface area contributed by atoms with Crippen LogP contribution in [0, 0.1) is 6.92 Å². The van der Waals surface area contributed by atoms with E-state index < -0.39 is 12.1 Å². The Morgan fingerprint density at radius 1 is 1.05 bits per heavy atom. The van der Waals surface area contributed by atoms with Crippen molar-refractivity contribution in [1.29, 1.82) is 0 Å². The van der Waals surface area contributed by atoms with E-state index >= 15 is 0 Å². The Balaban J connectivity index is 1.49. The second-order valence-electron chi connectivity index (χ2n) is 10.7. The van der Waals surface area contributed by atoms with E-state index in [1.807, 2.05) is 37.3 Å². The number of aromatic nitrogens is 3. The van der Waals surface area contributed by atoms with Gasteiger partial charge in [-0.2, -0.15) is 5.10 Å². The fourth-order valence-electron chi connectivity index (χ4n) is 5.63. The summed E-state index contributed by atoms with van der Waals surface area (Å²) < 4.78 is 1.79. The Kier molecular flexibility index (Phi) is 8.92. The fourth-order valence-corrected chi connectivity index (χ4v) is 6.42. The molecule has 11 heteroatoms. The first-order chi connectivity index (χ1) is 19.8. The molecule has 10 nitrogen and oxygen atoms in total. The first-order valence-electron chi connectivity index (χ1n) is 14.2. The molecular weight excluding hydrogens is 540 g/mol. The Labute approximate surface area is 243 Å². The highest BCUT2D eigenvalue weighted by Crippen LogP contribution is 2.24. The number of nitrogens with one attached hydrogen (secondary N) is 1. The second kappa shape index (κ2) is 12.8. The molecule has 0 spiro atoms. The van der Waals surface area contributed by atoms with Gasteiger partial charge in [-0.15, -0.1) is 11.3 Å². The number of rotatable bonds is 4. The lowest BCUT2D eigenvalue weighted by Gasteiger charge is -2.36. The van der Waals surface area contributed by atoms with Gasteiger partial charge in [0.15, 0.2) is 5.78 Å². The number of aryl methyl sites for hydroxylation is 1. The van der Waals surface area contributed by atoms with Crippen molar-refractivity contribution < 1.29 is 19.2 Å². The summed E-state index contributed by atoms with van der Waals surface area (Å²) in [5, 5.41) is 9.56. The van der Waals surface area contributed by atoms with E-state index in [1.54, 1.807) is 25.9 Å². The summed E-state index contributed by atoms with van der Waals surface area (Å²) in [7, 11) is 0. The molecule has 216 valence electrons. The predicted octanol–water partition coefficient (Wildman–Crippen LogP) is 3.57. The molecule has 2 aliphatic heterocycles. The molecule has 0 bridgehead atoms. The lowest BCUT2D eigenvalue weighted by atomic mass is 9.99. The molecule has 2 aromatic heterocycles. The number of nitrogens with zero attached hydrogens (tertiary/aromatic N) is 5. The van der Waals surface area contributed by atoms with Crippen molar-refractivity contribution in [3.63, 3.8) is 0 Å². The van der Waals surface area contributed by atoms with E-state index in [0.29, 0.717) is 67.5 Å². The normalized spacial score (nSPS) is 20.5. The van der Waals surface area contributed by atoms with E-state index in [0.717, 1.165) is 18.4 Å². The molecule has 0 saturated carbocycles. The molecule has 3 aromatic rings. The first-order valence-corrected chi connectivity index (χ1v) is 15.1. The Hall–Kier alpha value is -3.86. The maximum absolute atomic E-state index is 13.7. The van der Waals surface area contributed by atoms with Crippen LogP contribution in [0.25, 0.3) is 0 Å². The monoisotopic (exact) mass is 576 g/mol. The zero-order valence-electron chi connectivity index (χ0n) is 23.5. The number of thiophene rings is 1. The molecule has 0 radical (unpaired) electrons. The molecule has 2 aliphatic rings. The quantitative estimate of drug-likeness (QED) is 0.475. The molecule has 3 amide bonds. The average Bonchev–Trinajstić information content (AvgIpc) is 3.61. The number of benzene rings is 1. The molecule has 1 N–H and O–H groups in total. The van der Waals surface area contributed by atoms with Gasteiger partial charge in [-0.05, 0) is 57.6 Å². The van der Waals surface area contributed by atoms with Crippen molar-refractivity contribution in [2.24, 2.45) is 0 Å². The summed E-state index contributed by atoms with van der Waals surface area (Å²) in [6.07, 6.45) is 3.58. The number of ketones is 1. The van der Waals surface area contributed by atoms with Crippen LogP contribution in [-0.2, 0) is 22.6 Å². The molecule has 4 heterocycles. The van der Waals surface area contributed by atoms with Crippen LogP contribution in [0.1, 0.15) is 82.3 Å². The van der Waals surface area contributed by atoms with Crippen LogP contribution in [0.4, 0.5) is 0 Å². The van der Waals surface area contributed by atoms with Crippen LogP contribution in [0.3, 0.4) is 0 Å². The maximum Gasteiger partial charge on any atom is 0.254 e. The summed E-state index contributed by atoms with van der Waals surface area (Å²) in [5.41, 5.74) is 1.51. The summed E-state index contributed by atoms with van der Waals surface area (Å²) in [4.78, 5) is 61.1. The van der Waals surface area contributed by atoms with E-state index in [4.69, 9.17) is 4.98 Å². The maximum atomic E-state index is 13.7. The molecule has 0 aliphatic carbocycles. The van der Waals surface area contributed by atoms with Crippen LogP contribution in [0.5, 0.6) is 0 Å². The number of fused-ring (bicyclic) bond motifs is 2. The van der Waals surface area contributed by atoms with Crippen LogP contribution in [0.2, 0.25) is 0 Å². The smallest absolute Gasteiger partial charge is 0.254 e. The molecule has 1 saturated heterocycles. The Morgan fingerprint density at radius 3 is 2.61 bits per heavy atom. The number of hydrogen-bond acceptors (Lipinski definition) is 7. The van der Waals surface area contributed by atoms with Crippen LogP contribution < -0.4 is 5.32 Å². The minimum absolute atomic E-state index is 0.0673. The molecule has 0 unspecified atom stereocenters. The van der Waals surface area contributed by atoms with Gasteiger partial charge in [-0.25, -0.2) is 9.67 Å². The molecule has 1 fully saturated rings. The highest BCUT2D eigenvalue weighted by molar-refractivity contribution is 7.12. The highest BCUT2D eigenvalue weighted by atomic mass is 32.1. The van der Waals surface area contributed by atoms with E-state index in [1.165, 1.54) is 18.3 Å². The van der Waals surface area contributed by atoms with E-state index in [2.05, 4.69) is 10.4 Å². The van der Waals surface area contributed by atoms with Gasteiger partial charge in [0.25, 0.3) is 5.91 Å². The minimum atomic E-state index is -0.538. The molecule has 41 heavy (non-hydrogen) atoms. The highest BCUT2D eigenvalue weighted by Gasteiger charge is 2.34. The minimum Gasteiger partial charge on any atom is -0.344 e. The van der Waals surface area contributed by atoms with Crippen molar-refractivity contribution in [3.8, 4) is 0 Å². The lowest BCUT2D eigenvalue weighted by Crippen LogP contribution is -2.53. The van der Waals surface area contributed by atoms with Crippen molar-refractivity contribution >= 4 is 34.8 Å². The van der Waals surface area contributed by atoms with Gasteiger partial charge >= 0.3 is 0 Å². The number of carbonyl (C=O) groups is 4. The summed E-state index contributed by atoms with van der Waals surface area (Å²) in [6, 6.07) is 10.5. The van der Waals surface area contributed by atoms with Crippen molar-refractivity contribution in [2.45, 2.75) is 71.0 Å². The lowest BCUT2D eigenvalue weighted by molar-refractivity contribution is -0.142. The fraction of sp³-hybridized carbons (Fsp3) is 0.467. The molecule has 5 rings (SSSR count). The number of Topliss-reactive ketones (excluding diaryl/α,β-unsaturated/α-hetero) is 1. The largest absolute Gasteiger partial charge is 0.344 e. The van der Waals surface area contributed by atoms with Crippen LogP contribution >= 0.6 is 11.3 Å². The van der Waals surface area contributed by atoms with Crippen LogP contribution in [0.15, 0.2) is 41.8 Å². The molecule has 2 atom stereocenters. The summed E-state index contributed by atoms with van der Waals surface area (Å²) in [6.45, 7) is 4.93. The zero-order valence-corrected chi connectivity index (χ0v) is 24.4. The number of piperidine rings is 1. The molecule has 1 aromatic carbocycles.